The predicted octanol–water partition coefficient (Wildman–Crippen LogP) is 2.03. The van der Waals surface area contributed by atoms with Crippen LogP contribution >= 0.6 is 0 Å². The molecule has 1 saturated heterocycles. The van der Waals surface area contributed by atoms with E-state index < -0.39 is 6.10 Å². The summed E-state index contributed by atoms with van der Waals surface area (Å²) in [5.74, 6) is 0.806. The largest absolute Gasteiger partial charge is 0.491 e. The molecule has 2 aliphatic heterocycles. The summed E-state index contributed by atoms with van der Waals surface area (Å²) in [6.07, 6.45) is 3.74. The minimum atomic E-state index is -0.507. The number of benzene rings is 1. The summed E-state index contributed by atoms with van der Waals surface area (Å²) in [5.41, 5.74) is 2.04. The number of rotatable bonds is 3. The molecule has 0 saturated carbocycles. The van der Waals surface area contributed by atoms with Crippen molar-refractivity contribution in [2.24, 2.45) is 0 Å². The Kier molecular flexibility index (Phi) is 4.48. The summed E-state index contributed by atoms with van der Waals surface area (Å²) in [7, 11) is 0. The topological polar surface area (TPSA) is 52.9 Å². The predicted molar refractivity (Wildman–Crippen MR) is 81.5 cm³/mol. The van der Waals surface area contributed by atoms with Crippen LogP contribution in [-0.4, -0.2) is 47.0 Å². The SMILES string of the molecule is Cc1ccc2c(c1)C(O)C(N1CCCCC1CCO)CO2. The van der Waals surface area contributed by atoms with E-state index >= 15 is 0 Å². The summed E-state index contributed by atoms with van der Waals surface area (Å²) < 4.78 is 5.88. The number of likely N-dealkylation sites (tertiary alicyclic amines) is 1. The lowest BCUT2D eigenvalue weighted by molar-refractivity contribution is -0.0332. The quantitative estimate of drug-likeness (QED) is 0.894. The molecule has 116 valence electrons. The van der Waals surface area contributed by atoms with E-state index in [-0.39, 0.29) is 12.6 Å². The van der Waals surface area contributed by atoms with Crippen LogP contribution in [0.2, 0.25) is 0 Å². The van der Waals surface area contributed by atoms with Gasteiger partial charge >= 0.3 is 0 Å². The van der Waals surface area contributed by atoms with Gasteiger partial charge in [-0.05, 0) is 44.9 Å². The molecule has 2 aliphatic rings. The van der Waals surface area contributed by atoms with Crippen LogP contribution in [0.4, 0.5) is 0 Å². The lowest BCUT2D eigenvalue weighted by Gasteiger charge is -2.44. The van der Waals surface area contributed by atoms with Crippen LogP contribution in [0.25, 0.3) is 0 Å². The fourth-order valence-corrected chi connectivity index (χ4v) is 3.70. The van der Waals surface area contributed by atoms with Crippen molar-refractivity contribution in [3.8, 4) is 5.75 Å². The van der Waals surface area contributed by atoms with Gasteiger partial charge in [0.05, 0.1) is 6.04 Å². The molecule has 0 aliphatic carbocycles. The van der Waals surface area contributed by atoms with Crippen LogP contribution in [0.5, 0.6) is 5.75 Å². The van der Waals surface area contributed by atoms with E-state index in [4.69, 9.17) is 4.74 Å². The second kappa shape index (κ2) is 6.34. The Balaban J connectivity index is 1.82. The average molecular weight is 291 g/mol. The third-order valence-electron chi connectivity index (χ3n) is 4.82. The zero-order chi connectivity index (χ0) is 14.8. The van der Waals surface area contributed by atoms with E-state index in [1.54, 1.807) is 0 Å². The standard InChI is InChI=1S/C17H25NO3/c1-12-5-6-16-14(10-12)17(20)15(11-21-16)18-8-3-2-4-13(18)7-9-19/h5-6,10,13,15,17,19-20H,2-4,7-9,11H2,1H3. The number of hydrogen-bond donors (Lipinski definition) is 2. The van der Waals surface area contributed by atoms with Crippen molar-refractivity contribution in [3.63, 3.8) is 0 Å². The first kappa shape index (κ1) is 14.8. The number of hydrogen-bond acceptors (Lipinski definition) is 4. The maximum Gasteiger partial charge on any atom is 0.125 e. The van der Waals surface area contributed by atoms with Crippen LogP contribution < -0.4 is 4.74 Å². The Morgan fingerprint density at radius 3 is 3.00 bits per heavy atom. The summed E-state index contributed by atoms with van der Waals surface area (Å²) in [6.45, 7) is 3.75. The Bertz CT molecular complexity index is 489. The van der Waals surface area contributed by atoms with Gasteiger partial charge in [-0.2, -0.15) is 0 Å². The molecule has 4 nitrogen and oxygen atoms in total. The average Bonchev–Trinajstić information content (AvgIpc) is 2.50. The van der Waals surface area contributed by atoms with Crippen LogP contribution in [0.15, 0.2) is 18.2 Å². The molecule has 1 aromatic rings. The molecule has 2 N–H and O–H groups in total. The van der Waals surface area contributed by atoms with Crippen LogP contribution in [0, 0.1) is 6.92 Å². The monoisotopic (exact) mass is 291 g/mol. The van der Waals surface area contributed by atoms with E-state index in [1.807, 2.05) is 25.1 Å². The molecule has 0 aromatic heterocycles. The van der Waals surface area contributed by atoms with Crippen LogP contribution in [0.1, 0.15) is 42.9 Å². The second-order valence-corrected chi connectivity index (χ2v) is 6.26. The summed E-state index contributed by atoms with van der Waals surface area (Å²) in [4.78, 5) is 2.36. The number of aliphatic hydroxyl groups is 2. The van der Waals surface area contributed by atoms with Crippen molar-refractivity contribution >= 4 is 0 Å². The highest BCUT2D eigenvalue weighted by Crippen LogP contribution is 2.37. The summed E-state index contributed by atoms with van der Waals surface area (Å²) in [5, 5.41) is 20.1. The van der Waals surface area contributed by atoms with E-state index in [1.165, 1.54) is 6.42 Å². The van der Waals surface area contributed by atoms with Gasteiger partial charge in [-0.25, -0.2) is 0 Å². The lowest BCUT2D eigenvalue weighted by atomic mass is 9.91. The number of nitrogens with zero attached hydrogens (tertiary/aromatic N) is 1. The fourth-order valence-electron chi connectivity index (χ4n) is 3.70. The molecule has 3 unspecified atom stereocenters. The Labute approximate surface area is 126 Å². The van der Waals surface area contributed by atoms with Crippen molar-refractivity contribution < 1.29 is 14.9 Å². The highest BCUT2D eigenvalue weighted by atomic mass is 16.5. The zero-order valence-electron chi connectivity index (χ0n) is 12.7. The maximum absolute atomic E-state index is 10.8. The van der Waals surface area contributed by atoms with E-state index in [9.17, 15) is 10.2 Å². The number of piperidine rings is 1. The Morgan fingerprint density at radius 2 is 2.19 bits per heavy atom. The van der Waals surface area contributed by atoms with E-state index in [0.29, 0.717) is 12.6 Å². The molecule has 0 radical (unpaired) electrons. The Morgan fingerprint density at radius 1 is 1.33 bits per heavy atom. The van der Waals surface area contributed by atoms with Gasteiger partial charge < -0.3 is 14.9 Å². The van der Waals surface area contributed by atoms with Crippen molar-refractivity contribution in [2.75, 3.05) is 19.8 Å². The molecule has 21 heavy (non-hydrogen) atoms. The van der Waals surface area contributed by atoms with E-state index in [2.05, 4.69) is 4.90 Å². The minimum absolute atomic E-state index is 0.00356. The second-order valence-electron chi connectivity index (χ2n) is 6.26. The number of fused-ring (bicyclic) bond motifs is 1. The molecule has 3 rings (SSSR count). The molecule has 0 spiro atoms. The third-order valence-corrected chi connectivity index (χ3v) is 4.82. The molecule has 2 heterocycles. The number of aryl methyl sites for hydroxylation is 1. The van der Waals surface area contributed by atoms with Gasteiger partial charge in [0, 0.05) is 18.2 Å². The van der Waals surface area contributed by atoms with Gasteiger partial charge in [0.2, 0.25) is 0 Å². The molecule has 0 bridgehead atoms. The van der Waals surface area contributed by atoms with Crippen LogP contribution in [0.3, 0.4) is 0 Å². The van der Waals surface area contributed by atoms with Gasteiger partial charge in [0.1, 0.15) is 18.5 Å². The van der Waals surface area contributed by atoms with Crippen molar-refractivity contribution in [1.29, 1.82) is 0 Å². The first-order valence-corrected chi connectivity index (χ1v) is 7.98. The third kappa shape index (κ3) is 2.93. The smallest absolute Gasteiger partial charge is 0.125 e. The maximum atomic E-state index is 10.8. The normalized spacial score (nSPS) is 29.8. The van der Waals surface area contributed by atoms with Gasteiger partial charge in [0.25, 0.3) is 0 Å². The van der Waals surface area contributed by atoms with Gasteiger partial charge in [-0.3, -0.25) is 4.90 Å². The van der Waals surface area contributed by atoms with Crippen LogP contribution in [-0.2, 0) is 0 Å². The molecule has 0 amide bonds. The zero-order valence-corrected chi connectivity index (χ0v) is 12.7. The molecule has 1 aromatic carbocycles. The van der Waals surface area contributed by atoms with E-state index in [0.717, 1.165) is 42.7 Å². The number of aliphatic hydroxyl groups excluding tert-OH is 2. The van der Waals surface area contributed by atoms with Crippen molar-refractivity contribution in [3.05, 3.63) is 29.3 Å². The highest BCUT2D eigenvalue weighted by molar-refractivity contribution is 5.40. The molecule has 3 atom stereocenters. The fraction of sp³-hybridized carbons (Fsp3) is 0.647. The van der Waals surface area contributed by atoms with Gasteiger partial charge in [-0.15, -0.1) is 0 Å². The van der Waals surface area contributed by atoms with Gasteiger partial charge in [-0.1, -0.05) is 18.1 Å². The minimum Gasteiger partial charge on any atom is -0.491 e. The molecular weight excluding hydrogens is 266 g/mol. The van der Waals surface area contributed by atoms with Gasteiger partial charge in [0.15, 0.2) is 0 Å². The molecule has 1 fully saturated rings. The Hall–Kier alpha value is -1.10. The van der Waals surface area contributed by atoms with Crippen molar-refractivity contribution in [1.82, 2.24) is 4.90 Å². The summed E-state index contributed by atoms with van der Waals surface area (Å²) >= 11 is 0. The molecular formula is C17H25NO3. The highest BCUT2D eigenvalue weighted by Gasteiger charge is 2.37. The lowest BCUT2D eigenvalue weighted by Crippen LogP contribution is -2.52. The first-order valence-electron chi connectivity index (χ1n) is 7.98. The van der Waals surface area contributed by atoms with Crippen molar-refractivity contribution in [2.45, 2.75) is 50.8 Å². The first-order chi connectivity index (χ1) is 10.2. The summed E-state index contributed by atoms with van der Waals surface area (Å²) in [6, 6.07) is 6.35. The molecule has 4 heteroatoms. The number of ether oxygens (including phenoxy) is 1.